The SMILES string of the molecule is C=Cc1ccc([Si](C)(C)CC)cc1. The van der Waals surface area contributed by atoms with Crippen LogP contribution in [0.2, 0.25) is 19.1 Å². The van der Waals surface area contributed by atoms with Gasteiger partial charge in [0.05, 0.1) is 8.07 Å². The van der Waals surface area contributed by atoms with Crippen molar-refractivity contribution in [2.75, 3.05) is 0 Å². The maximum absolute atomic E-state index is 3.75. The topological polar surface area (TPSA) is 0 Å². The lowest BCUT2D eigenvalue weighted by molar-refractivity contribution is 1.37. The summed E-state index contributed by atoms with van der Waals surface area (Å²) in [5.74, 6) is 0. The van der Waals surface area contributed by atoms with Gasteiger partial charge in [-0.1, -0.05) is 68.2 Å². The highest BCUT2D eigenvalue weighted by atomic mass is 28.3. The molecule has 0 aliphatic heterocycles. The zero-order chi connectivity index (χ0) is 9.90. The molecular formula is C12H18Si. The second-order valence-electron chi connectivity index (χ2n) is 4.06. The van der Waals surface area contributed by atoms with Gasteiger partial charge < -0.3 is 0 Å². The maximum atomic E-state index is 3.75. The van der Waals surface area contributed by atoms with Gasteiger partial charge >= 0.3 is 0 Å². The Balaban J connectivity index is 2.98. The van der Waals surface area contributed by atoms with Crippen LogP contribution in [0.5, 0.6) is 0 Å². The van der Waals surface area contributed by atoms with Crippen LogP contribution in [0.1, 0.15) is 12.5 Å². The van der Waals surface area contributed by atoms with Crippen LogP contribution < -0.4 is 5.19 Å². The molecule has 0 saturated heterocycles. The third-order valence-corrected chi connectivity index (χ3v) is 6.48. The van der Waals surface area contributed by atoms with E-state index in [2.05, 4.69) is 50.9 Å². The largest absolute Gasteiger partial charge is 0.0985 e. The van der Waals surface area contributed by atoms with Crippen LogP contribution in [-0.4, -0.2) is 8.07 Å². The Hall–Kier alpha value is -0.823. The molecule has 0 nitrogen and oxygen atoms in total. The Labute approximate surface area is 82.3 Å². The van der Waals surface area contributed by atoms with Gasteiger partial charge in [0.25, 0.3) is 0 Å². The van der Waals surface area contributed by atoms with Crippen molar-refractivity contribution in [3.05, 3.63) is 36.4 Å². The molecule has 0 saturated carbocycles. The first kappa shape index (κ1) is 10.3. The molecular weight excluding hydrogens is 172 g/mol. The molecule has 1 aromatic carbocycles. The zero-order valence-corrected chi connectivity index (χ0v) is 9.80. The summed E-state index contributed by atoms with van der Waals surface area (Å²) in [6, 6.07) is 10.1. The first-order chi connectivity index (χ1) is 6.10. The monoisotopic (exact) mass is 190 g/mol. The molecule has 0 N–H and O–H groups in total. The van der Waals surface area contributed by atoms with Gasteiger partial charge in [-0.15, -0.1) is 0 Å². The van der Waals surface area contributed by atoms with Crippen molar-refractivity contribution in [1.29, 1.82) is 0 Å². The smallest absolute Gasteiger partial charge is 0.0803 e. The molecule has 0 amide bonds. The van der Waals surface area contributed by atoms with Crippen molar-refractivity contribution >= 4 is 19.3 Å². The molecule has 1 heteroatoms. The van der Waals surface area contributed by atoms with E-state index in [4.69, 9.17) is 0 Å². The fraction of sp³-hybridized carbons (Fsp3) is 0.333. The summed E-state index contributed by atoms with van der Waals surface area (Å²) < 4.78 is 0. The highest BCUT2D eigenvalue weighted by Crippen LogP contribution is 2.09. The summed E-state index contributed by atoms with van der Waals surface area (Å²) in [7, 11) is -1.12. The summed E-state index contributed by atoms with van der Waals surface area (Å²) in [4.78, 5) is 0. The van der Waals surface area contributed by atoms with E-state index in [1.54, 1.807) is 5.19 Å². The Morgan fingerprint density at radius 2 is 1.77 bits per heavy atom. The van der Waals surface area contributed by atoms with Crippen molar-refractivity contribution < 1.29 is 0 Å². The lowest BCUT2D eigenvalue weighted by Gasteiger charge is -2.20. The Morgan fingerprint density at radius 3 is 2.15 bits per heavy atom. The molecule has 0 aliphatic carbocycles. The van der Waals surface area contributed by atoms with Crippen LogP contribution in [0, 0.1) is 0 Å². The van der Waals surface area contributed by atoms with E-state index in [0.29, 0.717) is 0 Å². The number of benzene rings is 1. The van der Waals surface area contributed by atoms with Crippen molar-refractivity contribution in [1.82, 2.24) is 0 Å². The van der Waals surface area contributed by atoms with E-state index < -0.39 is 8.07 Å². The minimum atomic E-state index is -1.12. The molecule has 1 aromatic rings. The first-order valence-corrected chi connectivity index (χ1v) is 8.04. The van der Waals surface area contributed by atoms with Crippen molar-refractivity contribution in [3.8, 4) is 0 Å². The Bertz CT molecular complexity index is 282. The third kappa shape index (κ3) is 2.31. The van der Waals surface area contributed by atoms with Crippen molar-refractivity contribution in [2.45, 2.75) is 26.1 Å². The molecule has 0 radical (unpaired) electrons. The van der Waals surface area contributed by atoms with Gasteiger partial charge in [0.1, 0.15) is 0 Å². The molecule has 1 rings (SSSR count). The van der Waals surface area contributed by atoms with Crippen LogP contribution in [0.25, 0.3) is 6.08 Å². The molecule has 0 aromatic heterocycles. The molecule has 13 heavy (non-hydrogen) atoms. The van der Waals surface area contributed by atoms with Crippen molar-refractivity contribution in [3.63, 3.8) is 0 Å². The molecule has 70 valence electrons. The standard InChI is InChI=1S/C12H18Si/c1-5-11-7-9-12(10-8-11)13(3,4)6-2/h5,7-10H,1,6H2,2-4H3. The van der Waals surface area contributed by atoms with Crippen LogP contribution >= 0.6 is 0 Å². The van der Waals surface area contributed by atoms with Gasteiger partial charge in [0.15, 0.2) is 0 Å². The zero-order valence-electron chi connectivity index (χ0n) is 8.80. The number of rotatable bonds is 3. The summed E-state index contributed by atoms with van der Waals surface area (Å²) in [5.41, 5.74) is 1.21. The lowest BCUT2D eigenvalue weighted by Crippen LogP contribution is -2.40. The molecule has 0 heterocycles. The number of hydrogen-bond acceptors (Lipinski definition) is 0. The van der Waals surface area contributed by atoms with Gasteiger partial charge in [-0.3, -0.25) is 0 Å². The summed E-state index contributed by atoms with van der Waals surface area (Å²) in [6.07, 6.45) is 1.89. The average Bonchev–Trinajstić information content (AvgIpc) is 2.18. The summed E-state index contributed by atoms with van der Waals surface area (Å²) >= 11 is 0. The number of hydrogen-bond donors (Lipinski definition) is 0. The van der Waals surface area contributed by atoms with E-state index >= 15 is 0 Å². The third-order valence-electron chi connectivity index (χ3n) is 2.81. The van der Waals surface area contributed by atoms with E-state index in [-0.39, 0.29) is 0 Å². The molecule has 0 bridgehead atoms. The maximum Gasteiger partial charge on any atom is 0.0803 e. The van der Waals surface area contributed by atoms with Crippen LogP contribution in [0.15, 0.2) is 30.8 Å². The fourth-order valence-electron chi connectivity index (χ4n) is 1.27. The first-order valence-electron chi connectivity index (χ1n) is 4.83. The predicted molar refractivity (Wildman–Crippen MR) is 64.1 cm³/mol. The Morgan fingerprint density at radius 1 is 1.23 bits per heavy atom. The Kier molecular flexibility index (Phi) is 3.10. The molecule has 0 aliphatic rings. The van der Waals surface area contributed by atoms with E-state index in [1.807, 2.05) is 6.08 Å². The quantitative estimate of drug-likeness (QED) is 0.642. The second kappa shape index (κ2) is 3.92. The average molecular weight is 190 g/mol. The normalized spacial score (nSPS) is 11.3. The molecule has 0 unspecified atom stereocenters. The van der Waals surface area contributed by atoms with Crippen molar-refractivity contribution in [2.24, 2.45) is 0 Å². The molecule has 0 spiro atoms. The van der Waals surface area contributed by atoms with E-state index in [9.17, 15) is 0 Å². The van der Waals surface area contributed by atoms with Crippen LogP contribution in [-0.2, 0) is 0 Å². The summed E-state index contributed by atoms with van der Waals surface area (Å²) in [5, 5.41) is 1.54. The van der Waals surface area contributed by atoms with Gasteiger partial charge in [-0.2, -0.15) is 0 Å². The minimum Gasteiger partial charge on any atom is -0.0985 e. The van der Waals surface area contributed by atoms with Gasteiger partial charge in [-0.05, 0) is 5.56 Å². The highest BCUT2D eigenvalue weighted by molar-refractivity contribution is 6.89. The predicted octanol–water partition coefficient (Wildman–Crippen LogP) is 3.26. The summed E-state index contributed by atoms with van der Waals surface area (Å²) in [6.45, 7) is 10.9. The highest BCUT2D eigenvalue weighted by Gasteiger charge is 2.19. The molecule has 0 fully saturated rings. The van der Waals surface area contributed by atoms with Gasteiger partial charge in [-0.25, -0.2) is 0 Å². The van der Waals surface area contributed by atoms with Gasteiger partial charge in [0, 0.05) is 0 Å². The second-order valence-corrected chi connectivity index (χ2v) is 9.12. The molecule has 0 atom stereocenters. The fourth-order valence-corrected chi connectivity index (χ4v) is 2.75. The van der Waals surface area contributed by atoms with Gasteiger partial charge in [0.2, 0.25) is 0 Å². The van der Waals surface area contributed by atoms with Crippen LogP contribution in [0.3, 0.4) is 0 Å². The minimum absolute atomic E-state index is 1.12. The van der Waals surface area contributed by atoms with Crippen LogP contribution in [0.4, 0.5) is 0 Å². The van der Waals surface area contributed by atoms with E-state index in [1.165, 1.54) is 11.6 Å². The lowest BCUT2D eigenvalue weighted by atomic mass is 10.2. The van der Waals surface area contributed by atoms with E-state index in [0.717, 1.165) is 0 Å².